The average Bonchev–Trinajstić information content (AvgIpc) is 2.26. The number of carboxylic acids is 1. The Labute approximate surface area is 83.3 Å². The van der Waals surface area contributed by atoms with Gasteiger partial charge in [0.05, 0.1) is 0 Å². The molecule has 0 aromatic carbocycles. The minimum absolute atomic E-state index is 0.702. The molecule has 0 unspecified atom stereocenters. The van der Waals surface area contributed by atoms with Gasteiger partial charge in [-0.25, -0.2) is 9.59 Å². The van der Waals surface area contributed by atoms with Crippen LogP contribution in [0.25, 0.3) is 0 Å². The Morgan fingerprint density at radius 2 is 1.93 bits per heavy atom. The Kier molecular flexibility index (Phi) is 2.95. The van der Waals surface area contributed by atoms with E-state index in [0.717, 1.165) is 0 Å². The lowest BCUT2D eigenvalue weighted by Gasteiger charge is -2.26. The van der Waals surface area contributed by atoms with E-state index in [1.807, 2.05) is 0 Å². The maximum absolute atomic E-state index is 11.0. The minimum Gasteiger partial charge on any atom is -0.479 e. The molecule has 0 aromatic rings. The molecule has 8 heteroatoms. The summed E-state index contributed by atoms with van der Waals surface area (Å²) in [5.74, 6) is -3.69. The summed E-state index contributed by atoms with van der Waals surface area (Å²) >= 11 is 0. The molecule has 8 nitrogen and oxygen atoms in total. The van der Waals surface area contributed by atoms with Crippen LogP contribution in [-0.2, 0) is 14.3 Å². The highest BCUT2D eigenvalue weighted by atomic mass is 16.6. The number of rotatable bonds is 1. The predicted molar refractivity (Wildman–Crippen MR) is 41.6 cm³/mol. The predicted octanol–water partition coefficient (Wildman–Crippen LogP) is -3.56. The van der Waals surface area contributed by atoms with E-state index in [1.165, 1.54) is 0 Å². The van der Waals surface area contributed by atoms with Crippen LogP contribution in [0.5, 0.6) is 0 Å². The summed E-state index contributed by atoms with van der Waals surface area (Å²) in [6.07, 6.45) is -6.00. The number of carboxylic acid groups (broad SMARTS) is 1. The van der Waals surface area contributed by atoms with E-state index in [2.05, 4.69) is 4.74 Å². The van der Waals surface area contributed by atoms with Crippen molar-refractivity contribution in [2.75, 3.05) is 6.61 Å². The molecule has 0 saturated carbocycles. The molecule has 0 radical (unpaired) electrons. The van der Waals surface area contributed by atoms with Crippen molar-refractivity contribution in [3.63, 3.8) is 0 Å². The molecule has 4 atom stereocenters. The number of ether oxygens (including phenoxy) is 1. The summed E-state index contributed by atoms with van der Waals surface area (Å²) in [4.78, 5) is 21.6. The molecule has 1 fully saturated rings. The highest BCUT2D eigenvalue weighted by molar-refractivity contribution is 6.03. The molecule has 0 aromatic heterocycles. The normalized spacial score (nSPS) is 41.9. The standard InChI is InChI=1S/C7H10O8/c8-2-1-15-6(13)7(14,5(11)12)4(10)3(2)9/h2-4,8-10,14H,1H2,(H,11,12)/t2-,3-,4+,7+/m1/s1. The molecule has 0 bridgehead atoms. The highest BCUT2D eigenvalue weighted by Gasteiger charge is 2.58. The van der Waals surface area contributed by atoms with Gasteiger partial charge in [-0.05, 0) is 0 Å². The first-order chi connectivity index (χ1) is 6.81. The quantitative estimate of drug-likeness (QED) is 0.226. The molecule has 5 N–H and O–H groups in total. The van der Waals surface area contributed by atoms with Gasteiger partial charge in [0.25, 0.3) is 5.60 Å². The molecule has 0 aliphatic carbocycles. The Morgan fingerprint density at radius 1 is 1.40 bits per heavy atom. The fourth-order valence-corrected chi connectivity index (χ4v) is 1.16. The molecular weight excluding hydrogens is 212 g/mol. The van der Waals surface area contributed by atoms with E-state index in [0.29, 0.717) is 0 Å². The van der Waals surface area contributed by atoms with Crippen LogP contribution in [0, 0.1) is 0 Å². The van der Waals surface area contributed by atoms with E-state index < -0.39 is 42.5 Å². The molecule has 0 spiro atoms. The van der Waals surface area contributed by atoms with E-state index in [1.54, 1.807) is 0 Å². The molecule has 1 aliphatic rings. The first-order valence-electron chi connectivity index (χ1n) is 3.99. The third-order valence-corrected chi connectivity index (χ3v) is 2.17. The zero-order valence-electron chi connectivity index (χ0n) is 7.40. The lowest BCUT2D eigenvalue weighted by molar-refractivity contribution is -0.195. The number of aliphatic carboxylic acids is 1. The monoisotopic (exact) mass is 222 g/mol. The molecule has 1 heterocycles. The van der Waals surface area contributed by atoms with Crippen LogP contribution in [0.2, 0.25) is 0 Å². The van der Waals surface area contributed by atoms with Crippen molar-refractivity contribution < 1.29 is 39.9 Å². The van der Waals surface area contributed by atoms with Crippen LogP contribution >= 0.6 is 0 Å². The fourth-order valence-electron chi connectivity index (χ4n) is 1.16. The number of carbonyl (C=O) groups is 2. The lowest BCUT2D eigenvalue weighted by Crippen LogP contribution is -2.60. The lowest BCUT2D eigenvalue weighted by atomic mass is 9.91. The Bertz CT molecular complexity index is 289. The number of hydrogen-bond donors (Lipinski definition) is 5. The van der Waals surface area contributed by atoms with Gasteiger partial charge in [0, 0.05) is 0 Å². The van der Waals surface area contributed by atoms with E-state index >= 15 is 0 Å². The van der Waals surface area contributed by atoms with Gasteiger partial charge >= 0.3 is 11.9 Å². The van der Waals surface area contributed by atoms with Gasteiger partial charge in [0.1, 0.15) is 24.9 Å². The van der Waals surface area contributed by atoms with Crippen LogP contribution in [-0.4, -0.2) is 68.0 Å². The second kappa shape index (κ2) is 3.74. The summed E-state index contributed by atoms with van der Waals surface area (Å²) in [6, 6.07) is 0. The fraction of sp³-hybridized carbons (Fsp3) is 0.714. The molecule has 1 saturated heterocycles. The molecule has 1 aliphatic heterocycles. The third kappa shape index (κ3) is 1.67. The number of cyclic esters (lactones) is 1. The Morgan fingerprint density at radius 3 is 2.40 bits per heavy atom. The Balaban J connectivity index is 3.12. The first kappa shape index (κ1) is 11.9. The molecular formula is C7H10O8. The molecule has 15 heavy (non-hydrogen) atoms. The average molecular weight is 222 g/mol. The maximum atomic E-state index is 11.0. The van der Waals surface area contributed by atoms with Crippen molar-refractivity contribution in [3.05, 3.63) is 0 Å². The highest BCUT2D eigenvalue weighted by Crippen LogP contribution is 2.22. The Hall–Kier alpha value is -1.22. The smallest absolute Gasteiger partial charge is 0.353 e. The van der Waals surface area contributed by atoms with Crippen LogP contribution in [0.3, 0.4) is 0 Å². The van der Waals surface area contributed by atoms with Crippen LogP contribution in [0.1, 0.15) is 0 Å². The van der Waals surface area contributed by atoms with Crippen LogP contribution < -0.4 is 0 Å². The van der Waals surface area contributed by atoms with Gasteiger partial charge in [-0.1, -0.05) is 0 Å². The van der Waals surface area contributed by atoms with Crippen molar-refractivity contribution in [1.82, 2.24) is 0 Å². The zero-order valence-corrected chi connectivity index (χ0v) is 7.40. The van der Waals surface area contributed by atoms with Gasteiger partial charge in [-0.2, -0.15) is 0 Å². The van der Waals surface area contributed by atoms with Crippen LogP contribution in [0.4, 0.5) is 0 Å². The number of esters is 1. The summed E-state index contributed by atoms with van der Waals surface area (Å²) in [7, 11) is 0. The van der Waals surface area contributed by atoms with Gasteiger partial charge in [0.15, 0.2) is 0 Å². The first-order valence-corrected chi connectivity index (χ1v) is 3.99. The second-order valence-corrected chi connectivity index (χ2v) is 3.17. The van der Waals surface area contributed by atoms with Crippen molar-refractivity contribution in [1.29, 1.82) is 0 Å². The van der Waals surface area contributed by atoms with Crippen LogP contribution in [0.15, 0.2) is 0 Å². The largest absolute Gasteiger partial charge is 0.479 e. The van der Waals surface area contributed by atoms with E-state index in [-0.39, 0.29) is 0 Å². The van der Waals surface area contributed by atoms with Crippen molar-refractivity contribution in [2.24, 2.45) is 0 Å². The summed E-state index contributed by atoms with van der Waals surface area (Å²) in [6.45, 7) is -0.702. The number of carbonyl (C=O) groups excluding carboxylic acids is 1. The van der Waals surface area contributed by atoms with Crippen molar-refractivity contribution in [2.45, 2.75) is 23.9 Å². The van der Waals surface area contributed by atoms with Gasteiger partial charge in [-0.3, -0.25) is 0 Å². The van der Waals surface area contributed by atoms with Gasteiger partial charge < -0.3 is 30.3 Å². The topological polar surface area (TPSA) is 145 Å². The summed E-state index contributed by atoms with van der Waals surface area (Å²) in [5.41, 5.74) is -3.27. The van der Waals surface area contributed by atoms with E-state index in [9.17, 15) is 24.9 Å². The van der Waals surface area contributed by atoms with Gasteiger partial charge in [0.2, 0.25) is 0 Å². The minimum atomic E-state index is -3.27. The summed E-state index contributed by atoms with van der Waals surface area (Å²) in [5, 5.41) is 45.4. The number of hydrogen-bond acceptors (Lipinski definition) is 7. The van der Waals surface area contributed by atoms with Crippen molar-refractivity contribution >= 4 is 11.9 Å². The molecule has 1 rings (SSSR count). The third-order valence-electron chi connectivity index (χ3n) is 2.17. The molecule has 0 amide bonds. The SMILES string of the molecule is O=C(O)[C@]1(O)C(=O)OC[C@@H](O)[C@@H](O)[C@@H]1O. The molecule has 86 valence electrons. The van der Waals surface area contributed by atoms with E-state index in [4.69, 9.17) is 10.2 Å². The van der Waals surface area contributed by atoms with Crippen molar-refractivity contribution in [3.8, 4) is 0 Å². The summed E-state index contributed by atoms with van der Waals surface area (Å²) < 4.78 is 4.19. The maximum Gasteiger partial charge on any atom is 0.353 e. The second-order valence-electron chi connectivity index (χ2n) is 3.17. The zero-order chi connectivity index (χ0) is 11.8. The number of aliphatic hydroxyl groups is 4. The number of aliphatic hydroxyl groups excluding tert-OH is 3. The van der Waals surface area contributed by atoms with Gasteiger partial charge in [-0.15, -0.1) is 0 Å².